The van der Waals surface area contributed by atoms with Crippen molar-refractivity contribution in [1.29, 1.82) is 0 Å². The van der Waals surface area contributed by atoms with Gasteiger partial charge < -0.3 is 14.2 Å². The quantitative estimate of drug-likeness (QED) is 0.0261. The van der Waals surface area contributed by atoms with E-state index in [0.29, 0.717) is 19.3 Å². The molecule has 0 saturated heterocycles. The number of rotatable bonds is 54. The summed E-state index contributed by atoms with van der Waals surface area (Å²) >= 11 is 0. The van der Waals surface area contributed by atoms with Gasteiger partial charge in [0.05, 0.1) is 0 Å². The molecule has 0 aliphatic heterocycles. The van der Waals surface area contributed by atoms with Crippen LogP contribution >= 0.6 is 0 Å². The van der Waals surface area contributed by atoms with Gasteiger partial charge >= 0.3 is 17.9 Å². The number of carbonyl (C=O) groups excluding carboxylic acids is 3. The summed E-state index contributed by atoms with van der Waals surface area (Å²) in [6, 6.07) is 0. The molecule has 0 aromatic carbocycles. The summed E-state index contributed by atoms with van der Waals surface area (Å²) in [6.07, 6.45) is 95.0. The zero-order chi connectivity index (χ0) is 56.4. The van der Waals surface area contributed by atoms with Crippen LogP contribution in [0.1, 0.15) is 245 Å². The Morgan fingerprint density at radius 3 is 0.821 bits per heavy atom. The van der Waals surface area contributed by atoms with Crippen LogP contribution in [0.4, 0.5) is 0 Å². The van der Waals surface area contributed by atoms with Gasteiger partial charge in [0.1, 0.15) is 13.2 Å². The van der Waals surface area contributed by atoms with E-state index >= 15 is 0 Å². The van der Waals surface area contributed by atoms with Crippen molar-refractivity contribution in [2.75, 3.05) is 13.2 Å². The monoisotopic (exact) mass is 1070 g/mol. The summed E-state index contributed by atoms with van der Waals surface area (Å²) in [7, 11) is 0. The van der Waals surface area contributed by atoms with Crippen molar-refractivity contribution in [3.05, 3.63) is 170 Å². The van der Waals surface area contributed by atoms with Crippen LogP contribution in [0.3, 0.4) is 0 Å². The lowest BCUT2D eigenvalue weighted by atomic mass is 10.1. The molecule has 0 bridgehead atoms. The highest BCUT2D eigenvalue weighted by Gasteiger charge is 2.19. The predicted octanol–water partition coefficient (Wildman–Crippen LogP) is 21.5. The van der Waals surface area contributed by atoms with Crippen LogP contribution in [-0.2, 0) is 28.6 Å². The van der Waals surface area contributed by atoms with Crippen LogP contribution in [0.25, 0.3) is 0 Å². The maximum Gasteiger partial charge on any atom is 0.306 e. The molecule has 0 heterocycles. The fraction of sp³-hybridized carbons (Fsp3) is 0.569. The number of hydrogen-bond donors (Lipinski definition) is 0. The number of unbranched alkanes of at least 4 members (excludes halogenated alkanes) is 15. The van der Waals surface area contributed by atoms with Crippen LogP contribution in [-0.4, -0.2) is 37.2 Å². The maximum atomic E-state index is 12.9. The number of hydrogen-bond acceptors (Lipinski definition) is 6. The first-order valence-corrected chi connectivity index (χ1v) is 31.1. The van der Waals surface area contributed by atoms with Crippen molar-refractivity contribution < 1.29 is 28.6 Å². The van der Waals surface area contributed by atoms with Crippen molar-refractivity contribution in [2.24, 2.45) is 0 Å². The summed E-state index contributed by atoms with van der Waals surface area (Å²) in [4.78, 5) is 38.2. The van der Waals surface area contributed by atoms with Crippen molar-refractivity contribution in [2.45, 2.75) is 252 Å². The van der Waals surface area contributed by atoms with E-state index in [1.165, 1.54) is 44.9 Å². The Labute approximate surface area is 479 Å². The van der Waals surface area contributed by atoms with E-state index in [0.717, 1.165) is 154 Å². The van der Waals surface area contributed by atoms with Gasteiger partial charge in [-0.15, -0.1) is 0 Å². The standard InChI is InChI=1S/C72H112O6/c1-4-7-10-13-16-19-22-24-26-28-30-32-34-35-36-37-39-40-42-44-46-48-50-53-56-59-62-65-71(74)77-68-69(67-76-70(73)64-61-58-55-52-21-18-15-12-9-6-3)78-72(75)66-63-60-57-54-51-49-47-45-43-41-38-33-31-29-27-25-23-20-17-14-11-8-5-2/h7-8,10-11,16-17,19-20,24-27,30-33,35-36,39-41,43-44,46-47,49,54,57,69H,4-6,9,12-15,18,21-23,28-29,34,37-38,42,45,48,50-53,55-56,58-68H2,1-3H3/b10-7-,11-8-,19-16-,20-17-,26-24-,27-25-,32-30-,33-31-,36-35-,40-39-,43-41-,46-44-,49-47-,57-54-. The molecule has 0 aromatic rings. The van der Waals surface area contributed by atoms with E-state index in [2.05, 4.69) is 191 Å². The van der Waals surface area contributed by atoms with Crippen LogP contribution in [0.15, 0.2) is 170 Å². The molecule has 6 heteroatoms. The first kappa shape index (κ1) is 72.8. The second-order valence-corrected chi connectivity index (χ2v) is 19.9. The van der Waals surface area contributed by atoms with Crippen molar-refractivity contribution in [3.8, 4) is 0 Å². The number of allylic oxidation sites excluding steroid dienone is 28. The highest BCUT2D eigenvalue weighted by Crippen LogP contribution is 2.13. The largest absolute Gasteiger partial charge is 0.462 e. The molecule has 78 heavy (non-hydrogen) atoms. The normalized spacial score (nSPS) is 13.3. The summed E-state index contributed by atoms with van der Waals surface area (Å²) < 4.78 is 16.8. The Morgan fingerprint density at radius 1 is 0.269 bits per heavy atom. The van der Waals surface area contributed by atoms with Gasteiger partial charge in [0.25, 0.3) is 0 Å². The van der Waals surface area contributed by atoms with Gasteiger partial charge in [-0.2, -0.15) is 0 Å². The molecule has 0 rings (SSSR count). The fourth-order valence-electron chi connectivity index (χ4n) is 7.88. The van der Waals surface area contributed by atoms with E-state index < -0.39 is 6.10 Å². The van der Waals surface area contributed by atoms with Crippen molar-refractivity contribution in [3.63, 3.8) is 0 Å². The number of esters is 3. The summed E-state index contributed by atoms with van der Waals surface area (Å²) in [5.74, 6) is -1.00. The third-order valence-corrected chi connectivity index (χ3v) is 12.5. The molecule has 6 nitrogen and oxygen atoms in total. The molecule has 0 N–H and O–H groups in total. The Bertz CT molecular complexity index is 1810. The first-order chi connectivity index (χ1) is 38.5. The maximum absolute atomic E-state index is 12.9. The van der Waals surface area contributed by atoms with E-state index in [9.17, 15) is 14.4 Å². The SMILES string of the molecule is CC/C=C\C/C=C\C/C=C\C/C=C\C/C=C\C/C=C\C/C=C\CCCCCCCC(=O)OCC(COC(=O)CCCCCCCCCCCC)OC(=O)CCC/C=C\C/C=C\C/C=C\C/C=C\C/C=C\C/C=C\C/C=C\CC. The average Bonchev–Trinajstić information content (AvgIpc) is 3.44. The van der Waals surface area contributed by atoms with E-state index in [1.54, 1.807) is 0 Å². The molecule has 0 fully saturated rings. The lowest BCUT2D eigenvalue weighted by Crippen LogP contribution is -2.30. The molecule has 0 spiro atoms. The van der Waals surface area contributed by atoms with Gasteiger partial charge in [0, 0.05) is 19.3 Å². The van der Waals surface area contributed by atoms with E-state index in [-0.39, 0.29) is 37.5 Å². The Morgan fingerprint density at radius 2 is 0.513 bits per heavy atom. The number of ether oxygens (including phenoxy) is 3. The highest BCUT2D eigenvalue weighted by atomic mass is 16.6. The van der Waals surface area contributed by atoms with E-state index in [4.69, 9.17) is 14.2 Å². The molecule has 436 valence electrons. The average molecular weight is 1070 g/mol. The summed E-state index contributed by atoms with van der Waals surface area (Å²) in [6.45, 7) is 6.32. The molecule has 1 unspecified atom stereocenters. The molecule has 0 aliphatic carbocycles. The molecule has 1 atom stereocenters. The third kappa shape index (κ3) is 61.6. The molecular formula is C72H112O6. The van der Waals surface area contributed by atoms with Gasteiger partial charge in [0.2, 0.25) is 0 Å². The lowest BCUT2D eigenvalue weighted by Gasteiger charge is -2.18. The van der Waals surface area contributed by atoms with Gasteiger partial charge in [-0.05, 0) is 128 Å². The molecule has 0 aliphatic rings. The zero-order valence-electron chi connectivity index (χ0n) is 49.9. The van der Waals surface area contributed by atoms with Crippen LogP contribution < -0.4 is 0 Å². The second-order valence-electron chi connectivity index (χ2n) is 19.9. The fourth-order valence-corrected chi connectivity index (χ4v) is 7.88. The van der Waals surface area contributed by atoms with Gasteiger partial charge in [-0.1, -0.05) is 268 Å². The minimum absolute atomic E-state index is 0.114. The minimum Gasteiger partial charge on any atom is -0.462 e. The molecule has 0 saturated carbocycles. The van der Waals surface area contributed by atoms with Crippen LogP contribution in [0, 0.1) is 0 Å². The third-order valence-electron chi connectivity index (χ3n) is 12.5. The van der Waals surface area contributed by atoms with Crippen molar-refractivity contribution in [1.82, 2.24) is 0 Å². The Balaban J connectivity index is 4.45. The van der Waals surface area contributed by atoms with Gasteiger partial charge in [-0.25, -0.2) is 0 Å². The smallest absolute Gasteiger partial charge is 0.306 e. The first-order valence-electron chi connectivity index (χ1n) is 31.1. The number of carbonyl (C=O) groups is 3. The van der Waals surface area contributed by atoms with Crippen molar-refractivity contribution >= 4 is 17.9 Å². The van der Waals surface area contributed by atoms with Gasteiger partial charge in [0.15, 0.2) is 6.10 Å². The second kappa shape index (κ2) is 64.3. The zero-order valence-corrected chi connectivity index (χ0v) is 49.9. The van der Waals surface area contributed by atoms with Gasteiger partial charge in [-0.3, -0.25) is 14.4 Å². The molecule has 0 amide bonds. The highest BCUT2D eigenvalue weighted by molar-refractivity contribution is 5.71. The summed E-state index contributed by atoms with van der Waals surface area (Å²) in [5.41, 5.74) is 0. The Hall–Kier alpha value is -5.23. The summed E-state index contributed by atoms with van der Waals surface area (Å²) in [5, 5.41) is 0. The molecule has 0 aromatic heterocycles. The molecule has 0 radical (unpaired) electrons. The van der Waals surface area contributed by atoms with E-state index in [1.807, 2.05) is 0 Å². The molecular weight excluding hydrogens is 961 g/mol. The Kier molecular flexibility index (Phi) is 60.0. The predicted molar refractivity (Wildman–Crippen MR) is 338 cm³/mol. The topological polar surface area (TPSA) is 78.9 Å². The van der Waals surface area contributed by atoms with Crippen LogP contribution in [0.5, 0.6) is 0 Å². The minimum atomic E-state index is -0.825. The van der Waals surface area contributed by atoms with Crippen LogP contribution in [0.2, 0.25) is 0 Å². The lowest BCUT2D eigenvalue weighted by molar-refractivity contribution is -0.167.